The number of carbonyl (C=O) groups is 1. The Hall–Kier alpha value is -1.77. The fourth-order valence-electron chi connectivity index (χ4n) is 1.86. The maximum atomic E-state index is 10.9. The van der Waals surface area contributed by atoms with Crippen LogP contribution in [0.15, 0.2) is 18.3 Å². The minimum absolute atomic E-state index is 0.295. The van der Waals surface area contributed by atoms with Gasteiger partial charge in [-0.3, -0.25) is 4.79 Å². The molecule has 0 saturated heterocycles. The second-order valence-corrected chi connectivity index (χ2v) is 3.75. The highest BCUT2D eigenvalue weighted by molar-refractivity contribution is 5.91. The number of rotatable bonds is 1. The fourth-order valence-corrected chi connectivity index (χ4v) is 1.86. The van der Waals surface area contributed by atoms with Gasteiger partial charge < -0.3 is 9.72 Å². The van der Waals surface area contributed by atoms with Crippen molar-refractivity contribution in [2.45, 2.75) is 20.8 Å². The van der Waals surface area contributed by atoms with E-state index in [0.29, 0.717) is 5.75 Å². The van der Waals surface area contributed by atoms with Crippen molar-refractivity contribution >= 4 is 16.9 Å². The molecule has 0 amide bonds. The first-order chi connectivity index (χ1) is 7.08. The monoisotopic (exact) mass is 203 g/mol. The van der Waals surface area contributed by atoms with Crippen LogP contribution >= 0.6 is 0 Å². The van der Waals surface area contributed by atoms with Gasteiger partial charge in [0.25, 0.3) is 0 Å². The number of hydrogen-bond acceptors (Lipinski definition) is 2. The van der Waals surface area contributed by atoms with Crippen molar-refractivity contribution in [2.24, 2.45) is 0 Å². The van der Waals surface area contributed by atoms with Crippen LogP contribution in [0.25, 0.3) is 10.9 Å². The maximum absolute atomic E-state index is 10.9. The van der Waals surface area contributed by atoms with E-state index in [-0.39, 0.29) is 5.97 Å². The van der Waals surface area contributed by atoms with Gasteiger partial charge in [0.1, 0.15) is 0 Å². The third kappa shape index (κ3) is 1.73. The predicted molar refractivity (Wildman–Crippen MR) is 59.1 cm³/mol. The quantitative estimate of drug-likeness (QED) is 0.724. The Kier molecular flexibility index (Phi) is 2.23. The molecule has 1 aromatic heterocycles. The van der Waals surface area contributed by atoms with Crippen LogP contribution < -0.4 is 4.74 Å². The zero-order valence-electron chi connectivity index (χ0n) is 9.05. The Morgan fingerprint density at radius 3 is 2.73 bits per heavy atom. The van der Waals surface area contributed by atoms with Gasteiger partial charge in [0, 0.05) is 24.0 Å². The largest absolute Gasteiger partial charge is 0.424 e. The van der Waals surface area contributed by atoms with E-state index in [2.05, 4.69) is 11.1 Å². The van der Waals surface area contributed by atoms with E-state index in [1.807, 2.05) is 19.9 Å². The zero-order chi connectivity index (χ0) is 11.0. The number of nitrogens with one attached hydrogen (secondary N) is 1. The van der Waals surface area contributed by atoms with Gasteiger partial charge in [-0.05, 0) is 31.0 Å². The molecule has 2 aromatic rings. The molecule has 0 radical (unpaired) electrons. The van der Waals surface area contributed by atoms with Crippen LogP contribution in [0.2, 0.25) is 0 Å². The van der Waals surface area contributed by atoms with Crippen LogP contribution in [0, 0.1) is 13.8 Å². The number of ether oxygens (including phenoxy) is 1. The number of aromatic nitrogens is 1. The summed E-state index contributed by atoms with van der Waals surface area (Å²) in [6.07, 6.45) is 1.72. The van der Waals surface area contributed by atoms with Crippen molar-refractivity contribution in [1.82, 2.24) is 4.98 Å². The van der Waals surface area contributed by atoms with Crippen molar-refractivity contribution in [1.29, 1.82) is 0 Å². The molecule has 0 saturated carbocycles. The normalized spacial score (nSPS) is 10.6. The number of esters is 1. The molecule has 3 nitrogen and oxygen atoms in total. The van der Waals surface area contributed by atoms with Crippen LogP contribution in [0.1, 0.15) is 18.1 Å². The molecular formula is C12H13NO2. The zero-order valence-corrected chi connectivity index (χ0v) is 9.05. The SMILES string of the molecule is CC(=O)Oc1c[nH]c2cc(C)cc(C)c12. The lowest BCUT2D eigenvalue weighted by atomic mass is 10.1. The molecule has 1 heterocycles. The third-order valence-electron chi connectivity index (χ3n) is 2.34. The number of H-pyrrole nitrogens is 1. The van der Waals surface area contributed by atoms with E-state index in [9.17, 15) is 4.79 Å². The molecule has 0 aliphatic heterocycles. The average molecular weight is 203 g/mol. The standard InChI is InChI=1S/C12H13NO2/c1-7-4-8(2)12-10(5-7)13-6-11(12)15-9(3)14/h4-6,13H,1-3H3. The van der Waals surface area contributed by atoms with Crippen LogP contribution in [-0.4, -0.2) is 11.0 Å². The molecule has 2 rings (SSSR count). The van der Waals surface area contributed by atoms with Gasteiger partial charge in [0.15, 0.2) is 5.75 Å². The van der Waals surface area contributed by atoms with Crippen LogP contribution in [0.3, 0.4) is 0 Å². The summed E-state index contributed by atoms with van der Waals surface area (Å²) in [6.45, 7) is 5.46. The highest BCUT2D eigenvalue weighted by atomic mass is 16.5. The third-order valence-corrected chi connectivity index (χ3v) is 2.34. The number of aromatic amines is 1. The summed E-state index contributed by atoms with van der Waals surface area (Å²) in [6, 6.07) is 4.11. The molecule has 1 aromatic carbocycles. The van der Waals surface area contributed by atoms with E-state index in [1.54, 1.807) is 6.20 Å². The predicted octanol–water partition coefficient (Wildman–Crippen LogP) is 2.71. The molecule has 78 valence electrons. The summed E-state index contributed by atoms with van der Waals surface area (Å²) in [5.41, 5.74) is 3.31. The molecule has 1 N–H and O–H groups in total. The molecule has 0 spiro atoms. The molecule has 0 fully saturated rings. The lowest BCUT2D eigenvalue weighted by molar-refractivity contribution is -0.131. The molecule has 0 aliphatic carbocycles. The minimum Gasteiger partial charge on any atom is -0.424 e. The molecule has 0 aliphatic rings. The van der Waals surface area contributed by atoms with Gasteiger partial charge >= 0.3 is 5.97 Å². The van der Waals surface area contributed by atoms with Gasteiger partial charge in [-0.1, -0.05) is 6.07 Å². The first-order valence-electron chi connectivity index (χ1n) is 4.84. The maximum Gasteiger partial charge on any atom is 0.308 e. The van der Waals surface area contributed by atoms with Crippen LogP contribution in [0.5, 0.6) is 5.75 Å². The van der Waals surface area contributed by atoms with Gasteiger partial charge in [0.05, 0.1) is 0 Å². The van der Waals surface area contributed by atoms with Crippen molar-refractivity contribution in [3.8, 4) is 5.75 Å². The first kappa shape index (κ1) is 9.77. The van der Waals surface area contributed by atoms with Crippen molar-refractivity contribution in [2.75, 3.05) is 0 Å². The van der Waals surface area contributed by atoms with Crippen LogP contribution in [0.4, 0.5) is 0 Å². The molecule has 15 heavy (non-hydrogen) atoms. The average Bonchev–Trinajstić information content (AvgIpc) is 2.46. The summed E-state index contributed by atoms with van der Waals surface area (Å²) in [5, 5.41) is 0.982. The fraction of sp³-hybridized carbons (Fsp3) is 0.250. The van der Waals surface area contributed by atoms with Gasteiger partial charge in [0.2, 0.25) is 0 Å². The van der Waals surface area contributed by atoms with Crippen molar-refractivity contribution < 1.29 is 9.53 Å². The summed E-state index contributed by atoms with van der Waals surface area (Å²) >= 11 is 0. The van der Waals surface area contributed by atoms with E-state index >= 15 is 0 Å². The summed E-state index contributed by atoms with van der Waals surface area (Å²) in [7, 11) is 0. The smallest absolute Gasteiger partial charge is 0.308 e. The summed E-state index contributed by atoms with van der Waals surface area (Å²) < 4.78 is 5.12. The number of carbonyl (C=O) groups excluding carboxylic acids is 1. The Balaban J connectivity index is 2.63. The number of benzene rings is 1. The Bertz CT molecular complexity index is 526. The van der Waals surface area contributed by atoms with Crippen LogP contribution in [-0.2, 0) is 4.79 Å². The summed E-state index contributed by atoms with van der Waals surface area (Å²) in [5.74, 6) is 0.311. The van der Waals surface area contributed by atoms with Crippen molar-refractivity contribution in [3.63, 3.8) is 0 Å². The lowest BCUT2D eigenvalue weighted by Crippen LogP contribution is -2.00. The molecular weight excluding hydrogens is 190 g/mol. The van der Waals surface area contributed by atoms with Gasteiger partial charge in [-0.15, -0.1) is 0 Å². The number of fused-ring (bicyclic) bond motifs is 1. The highest BCUT2D eigenvalue weighted by Gasteiger charge is 2.09. The second-order valence-electron chi connectivity index (χ2n) is 3.75. The first-order valence-corrected chi connectivity index (χ1v) is 4.84. The minimum atomic E-state index is -0.295. The molecule has 0 unspecified atom stereocenters. The summed E-state index contributed by atoms with van der Waals surface area (Å²) in [4.78, 5) is 14.0. The lowest BCUT2D eigenvalue weighted by Gasteiger charge is -2.02. The topological polar surface area (TPSA) is 42.1 Å². The van der Waals surface area contributed by atoms with E-state index in [0.717, 1.165) is 16.5 Å². The molecule has 0 bridgehead atoms. The van der Waals surface area contributed by atoms with E-state index in [4.69, 9.17) is 4.74 Å². The second kappa shape index (κ2) is 3.42. The van der Waals surface area contributed by atoms with Gasteiger partial charge in [-0.25, -0.2) is 0 Å². The number of aryl methyl sites for hydroxylation is 2. The Labute approximate surface area is 88.1 Å². The Morgan fingerprint density at radius 2 is 2.07 bits per heavy atom. The van der Waals surface area contributed by atoms with E-state index in [1.165, 1.54) is 12.5 Å². The number of hydrogen-bond donors (Lipinski definition) is 1. The van der Waals surface area contributed by atoms with Crippen molar-refractivity contribution in [3.05, 3.63) is 29.5 Å². The molecule has 0 atom stereocenters. The van der Waals surface area contributed by atoms with Gasteiger partial charge in [-0.2, -0.15) is 0 Å². The van der Waals surface area contributed by atoms with E-state index < -0.39 is 0 Å². The highest BCUT2D eigenvalue weighted by Crippen LogP contribution is 2.29. The Morgan fingerprint density at radius 1 is 1.33 bits per heavy atom. The molecule has 3 heteroatoms.